The largest absolute Gasteiger partial charge is 0.338 e. The van der Waals surface area contributed by atoms with Crippen molar-refractivity contribution in [3.8, 4) is 0 Å². The van der Waals surface area contributed by atoms with Crippen LogP contribution in [0.1, 0.15) is 13.3 Å². The van der Waals surface area contributed by atoms with Gasteiger partial charge in [0.05, 0.1) is 0 Å². The van der Waals surface area contributed by atoms with Gasteiger partial charge in [-0.2, -0.15) is 0 Å². The lowest BCUT2D eigenvalue weighted by molar-refractivity contribution is 0.152. The van der Waals surface area contributed by atoms with Gasteiger partial charge in [-0.1, -0.05) is 0 Å². The number of piperazine rings is 1. The molecular weight excluding hydrogens is 166 g/mol. The summed E-state index contributed by atoms with van der Waals surface area (Å²) in [6.45, 7) is 4.63. The normalized spacial score (nSPS) is 32.6. The van der Waals surface area contributed by atoms with Crippen LogP contribution in [0.5, 0.6) is 0 Å². The minimum atomic E-state index is 0.114. The van der Waals surface area contributed by atoms with Crippen molar-refractivity contribution in [2.24, 2.45) is 0 Å². The molecule has 74 valence electrons. The molecule has 2 saturated heterocycles. The number of nitrogens with zero attached hydrogens (tertiary/aromatic N) is 2. The number of nitrogens with one attached hydrogen (secondary N) is 1. The Labute approximate surface area is 78.9 Å². The van der Waals surface area contributed by atoms with Crippen molar-refractivity contribution in [1.82, 2.24) is 15.1 Å². The molecule has 2 rings (SSSR count). The molecule has 2 fully saturated rings. The summed E-state index contributed by atoms with van der Waals surface area (Å²) in [6.07, 6.45) is 1.16. The molecule has 0 saturated carbocycles. The molecule has 2 aliphatic heterocycles. The fourth-order valence-corrected chi connectivity index (χ4v) is 2.37. The zero-order valence-corrected chi connectivity index (χ0v) is 8.29. The molecule has 2 heterocycles. The number of likely N-dealkylation sites (tertiary alicyclic amines) is 2. The van der Waals surface area contributed by atoms with Gasteiger partial charge in [0.25, 0.3) is 0 Å². The maximum absolute atomic E-state index is 11.5. The Hall–Kier alpha value is -0.770. The second-order valence-electron chi connectivity index (χ2n) is 3.97. The van der Waals surface area contributed by atoms with Crippen LogP contribution in [0.4, 0.5) is 4.79 Å². The lowest BCUT2D eigenvalue weighted by Gasteiger charge is -2.31. The van der Waals surface area contributed by atoms with Gasteiger partial charge in [0, 0.05) is 31.7 Å². The third-order valence-electron chi connectivity index (χ3n) is 3.10. The molecule has 0 spiro atoms. The number of likely N-dealkylation sites (N-methyl/N-ethyl adjacent to an activating group) is 1. The predicted molar refractivity (Wildman–Crippen MR) is 50.6 cm³/mol. The van der Waals surface area contributed by atoms with E-state index in [9.17, 15) is 4.79 Å². The number of amides is 2. The van der Waals surface area contributed by atoms with Gasteiger partial charge in [-0.25, -0.2) is 4.79 Å². The Morgan fingerprint density at radius 3 is 2.69 bits per heavy atom. The minimum Gasteiger partial charge on any atom is -0.338 e. The monoisotopic (exact) mass is 183 g/mol. The minimum absolute atomic E-state index is 0.114. The molecule has 13 heavy (non-hydrogen) atoms. The first-order chi connectivity index (χ1) is 6.22. The summed E-state index contributed by atoms with van der Waals surface area (Å²) in [5.41, 5.74) is 0. The summed E-state index contributed by atoms with van der Waals surface area (Å²) >= 11 is 0. The molecule has 0 aromatic heterocycles. The molecule has 2 aliphatic rings. The number of hydrogen-bond acceptors (Lipinski definition) is 2. The molecule has 0 aliphatic carbocycles. The molecule has 2 bridgehead atoms. The quantitative estimate of drug-likeness (QED) is 0.626. The highest BCUT2D eigenvalue weighted by Crippen LogP contribution is 2.28. The van der Waals surface area contributed by atoms with Gasteiger partial charge >= 0.3 is 6.03 Å². The van der Waals surface area contributed by atoms with Crippen LogP contribution < -0.4 is 5.32 Å². The van der Waals surface area contributed by atoms with E-state index >= 15 is 0 Å². The molecule has 1 N–H and O–H groups in total. The number of hydrogen-bond donors (Lipinski definition) is 1. The van der Waals surface area contributed by atoms with E-state index in [2.05, 4.69) is 17.3 Å². The van der Waals surface area contributed by atoms with Crippen LogP contribution in [0.2, 0.25) is 0 Å². The highest BCUT2D eigenvalue weighted by atomic mass is 16.2. The summed E-state index contributed by atoms with van der Waals surface area (Å²) in [7, 11) is 2.14. The molecule has 0 aromatic carbocycles. The van der Waals surface area contributed by atoms with Crippen LogP contribution in [0.15, 0.2) is 0 Å². The third kappa shape index (κ3) is 1.39. The van der Waals surface area contributed by atoms with Crippen LogP contribution in [-0.4, -0.2) is 54.6 Å². The Morgan fingerprint density at radius 2 is 2.23 bits per heavy atom. The van der Waals surface area contributed by atoms with Crippen molar-refractivity contribution in [3.63, 3.8) is 0 Å². The first kappa shape index (κ1) is 8.81. The summed E-state index contributed by atoms with van der Waals surface area (Å²) in [5.74, 6) is 0. The summed E-state index contributed by atoms with van der Waals surface area (Å²) in [5, 5.41) is 2.86. The standard InChI is InChI=1S/C9H17N3O/c1-3-10-9(13)12-6-7-4-8(12)5-11(7)2/h7-8H,3-6H2,1-2H3,(H,10,13)/t7-,8-/m0/s1. The second-order valence-corrected chi connectivity index (χ2v) is 3.97. The first-order valence-corrected chi connectivity index (χ1v) is 4.97. The van der Waals surface area contributed by atoms with Gasteiger partial charge in [-0.15, -0.1) is 0 Å². The van der Waals surface area contributed by atoms with E-state index in [1.54, 1.807) is 0 Å². The maximum Gasteiger partial charge on any atom is 0.317 e. The van der Waals surface area contributed by atoms with Gasteiger partial charge in [-0.3, -0.25) is 4.90 Å². The SMILES string of the molecule is CCNC(=O)N1C[C@@H]2C[C@H]1CN2C. The van der Waals surface area contributed by atoms with Crippen molar-refractivity contribution in [1.29, 1.82) is 0 Å². The van der Waals surface area contributed by atoms with Gasteiger partial charge in [0.2, 0.25) is 0 Å². The van der Waals surface area contributed by atoms with Crippen molar-refractivity contribution < 1.29 is 4.79 Å². The average Bonchev–Trinajstić information content (AvgIpc) is 2.62. The Balaban J connectivity index is 1.95. The van der Waals surface area contributed by atoms with Gasteiger partial charge in [0.15, 0.2) is 0 Å². The van der Waals surface area contributed by atoms with Gasteiger partial charge in [-0.05, 0) is 20.4 Å². The lowest BCUT2D eigenvalue weighted by Crippen LogP contribution is -2.50. The topological polar surface area (TPSA) is 35.6 Å². The highest BCUT2D eigenvalue weighted by molar-refractivity contribution is 5.75. The van der Waals surface area contributed by atoms with E-state index < -0.39 is 0 Å². The van der Waals surface area contributed by atoms with Crippen molar-refractivity contribution in [2.75, 3.05) is 26.7 Å². The number of rotatable bonds is 1. The molecule has 4 heteroatoms. The smallest absolute Gasteiger partial charge is 0.317 e. The van der Waals surface area contributed by atoms with Crippen LogP contribution in [0.25, 0.3) is 0 Å². The van der Waals surface area contributed by atoms with Crippen LogP contribution in [-0.2, 0) is 0 Å². The zero-order chi connectivity index (χ0) is 9.42. The maximum atomic E-state index is 11.5. The summed E-state index contributed by atoms with van der Waals surface area (Å²) in [6, 6.07) is 1.18. The van der Waals surface area contributed by atoms with E-state index in [0.717, 1.165) is 26.1 Å². The van der Waals surface area contributed by atoms with E-state index in [1.165, 1.54) is 0 Å². The molecule has 2 atom stereocenters. The molecule has 0 unspecified atom stereocenters. The second kappa shape index (κ2) is 3.18. The highest BCUT2D eigenvalue weighted by Gasteiger charge is 2.43. The van der Waals surface area contributed by atoms with E-state index in [-0.39, 0.29) is 6.03 Å². The Morgan fingerprint density at radius 1 is 1.46 bits per heavy atom. The van der Waals surface area contributed by atoms with Crippen LogP contribution in [0.3, 0.4) is 0 Å². The molecular formula is C9H17N3O. The third-order valence-corrected chi connectivity index (χ3v) is 3.10. The number of fused-ring (bicyclic) bond motifs is 2. The van der Waals surface area contributed by atoms with E-state index in [4.69, 9.17) is 0 Å². The van der Waals surface area contributed by atoms with Gasteiger partial charge in [0.1, 0.15) is 0 Å². The molecule has 4 nitrogen and oxygen atoms in total. The average molecular weight is 183 g/mol. The number of carbonyl (C=O) groups excluding carboxylic acids is 1. The fourth-order valence-electron chi connectivity index (χ4n) is 2.37. The lowest BCUT2D eigenvalue weighted by atomic mass is 10.2. The summed E-state index contributed by atoms with van der Waals surface area (Å²) < 4.78 is 0. The summed E-state index contributed by atoms with van der Waals surface area (Å²) in [4.78, 5) is 15.9. The first-order valence-electron chi connectivity index (χ1n) is 4.97. The van der Waals surface area contributed by atoms with Crippen molar-refractivity contribution in [2.45, 2.75) is 25.4 Å². The predicted octanol–water partition coefficient (Wildman–Crippen LogP) is 0.104. The molecule has 2 amide bonds. The Kier molecular flexibility index (Phi) is 2.15. The fraction of sp³-hybridized carbons (Fsp3) is 0.889. The molecule has 0 aromatic rings. The Bertz CT molecular complexity index is 217. The van der Waals surface area contributed by atoms with Crippen molar-refractivity contribution >= 4 is 6.03 Å². The number of carbonyl (C=O) groups is 1. The van der Waals surface area contributed by atoms with E-state index in [0.29, 0.717) is 12.1 Å². The van der Waals surface area contributed by atoms with Crippen molar-refractivity contribution in [3.05, 3.63) is 0 Å². The number of urea groups is 1. The zero-order valence-electron chi connectivity index (χ0n) is 8.29. The van der Waals surface area contributed by atoms with Gasteiger partial charge < -0.3 is 10.2 Å². The van der Waals surface area contributed by atoms with Crippen LogP contribution in [0, 0.1) is 0 Å². The molecule has 0 radical (unpaired) electrons. The van der Waals surface area contributed by atoms with E-state index in [1.807, 2.05) is 11.8 Å². The van der Waals surface area contributed by atoms with Crippen LogP contribution >= 0.6 is 0 Å².